The number of aliphatic hydroxyl groups excluding tert-OH is 4. The van der Waals surface area contributed by atoms with E-state index in [2.05, 4.69) is 0 Å². The Morgan fingerprint density at radius 3 is 1.04 bits per heavy atom. The van der Waals surface area contributed by atoms with Gasteiger partial charge in [0.15, 0.2) is 0 Å². The standard InChI is InChI=1S/C14H28N2O4S4/c17-9-1-5-15(6-2-10-18)13(21)23-24-14(22)16(7-3-11-19)8-4-12-20/h17-20H,1-12H2. The molecule has 24 heavy (non-hydrogen) atoms. The monoisotopic (exact) mass is 416 g/mol. The summed E-state index contributed by atoms with van der Waals surface area (Å²) in [6.45, 7) is 3.00. The van der Waals surface area contributed by atoms with E-state index in [0.717, 1.165) is 0 Å². The quantitative estimate of drug-likeness (QED) is 0.274. The molecule has 0 radical (unpaired) electrons. The molecule has 0 saturated heterocycles. The predicted octanol–water partition coefficient (Wildman–Crippen LogP) is 1.07. The van der Waals surface area contributed by atoms with E-state index in [4.69, 9.17) is 44.9 Å². The average Bonchev–Trinajstić information content (AvgIpc) is 2.59. The molecule has 142 valence electrons. The van der Waals surface area contributed by atoms with Crippen molar-refractivity contribution in [2.45, 2.75) is 25.7 Å². The Balaban J connectivity index is 4.43. The van der Waals surface area contributed by atoms with E-state index in [0.29, 0.717) is 60.5 Å². The SMILES string of the molecule is OCCCN(CCCO)C(=S)SSC(=S)N(CCCO)CCCO. The summed E-state index contributed by atoms with van der Waals surface area (Å²) in [5, 5.41) is 35.9. The molecule has 10 heteroatoms. The van der Waals surface area contributed by atoms with Crippen molar-refractivity contribution in [3.63, 3.8) is 0 Å². The summed E-state index contributed by atoms with van der Waals surface area (Å²) in [5.41, 5.74) is 0. The Morgan fingerprint density at radius 2 is 0.833 bits per heavy atom. The topological polar surface area (TPSA) is 87.4 Å². The molecule has 4 N–H and O–H groups in total. The van der Waals surface area contributed by atoms with Gasteiger partial charge in [0.05, 0.1) is 0 Å². The molecule has 0 atom stereocenters. The summed E-state index contributed by atoms with van der Waals surface area (Å²) in [5.74, 6) is 0. The summed E-state index contributed by atoms with van der Waals surface area (Å²) >= 11 is 10.9. The molecule has 0 aliphatic rings. The van der Waals surface area contributed by atoms with Crippen molar-refractivity contribution in [3.8, 4) is 0 Å². The van der Waals surface area contributed by atoms with Gasteiger partial charge in [-0.3, -0.25) is 0 Å². The predicted molar refractivity (Wildman–Crippen MR) is 110 cm³/mol. The first-order valence-electron chi connectivity index (χ1n) is 7.96. The highest BCUT2D eigenvalue weighted by atomic mass is 33.1. The maximum atomic E-state index is 8.98. The van der Waals surface area contributed by atoms with Crippen LogP contribution in [-0.4, -0.2) is 91.5 Å². The van der Waals surface area contributed by atoms with E-state index >= 15 is 0 Å². The molecule has 0 heterocycles. The number of nitrogens with zero attached hydrogens (tertiary/aromatic N) is 2. The molecule has 0 aromatic rings. The van der Waals surface area contributed by atoms with Gasteiger partial charge in [-0.2, -0.15) is 0 Å². The zero-order valence-corrected chi connectivity index (χ0v) is 17.1. The van der Waals surface area contributed by atoms with Crippen LogP contribution in [0.2, 0.25) is 0 Å². The van der Waals surface area contributed by atoms with Gasteiger partial charge in [0.2, 0.25) is 0 Å². The Kier molecular flexibility index (Phi) is 17.0. The molecule has 0 amide bonds. The lowest BCUT2D eigenvalue weighted by atomic mass is 10.3. The first-order valence-corrected chi connectivity index (χ1v) is 10.9. The first kappa shape index (κ1) is 24.3. The van der Waals surface area contributed by atoms with Crippen LogP contribution in [0.5, 0.6) is 0 Å². The van der Waals surface area contributed by atoms with E-state index in [1.807, 2.05) is 9.80 Å². The van der Waals surface area contributed by atoms with Gasteiger partial charge in [-0.25, -0.2) is 0 Å². The third kappa shape index (κ3) is 11.8. The summed E-state index contributed by atoms with van der Waals surface area (Å²) < 4.78 is 1.35. The van der Waals surface area contributed by atoms with Crippen molar-refractivity contribution < 1.29 is 20.4 Å². The highest BCUT2D eigenvalue weighted by Gasteiger charge is 2.15. The summed E-state index contributed by atoms with van der Waals surface area (Å²) in [6.07, 6.45) is 2.50. The van der Waals surface area contributed by atoms with Crippen LogP contribution in [-0.2, 0) is 0 Å². The number of aliphatic hydroxyl groups is 4. The third-order valence-electron chi connectivity index (χ3n) is 3.05. The lowest BCUT2D eigenvalue weighted by Gasteiger charge is -2.26. The van der Waals surface area contributed by atoms with Crippen LogP contribution in [0.25, 0.3) is 0 Å². The van der Waals surface area contributed by atoms with Gasteiger partial charge < -0.3 is 30.2 Å². The smallest absolute Gasteiger partial charge is 0.147 e. The van der Waals surface area contributed by atoms with Crippen LogP contribution in [0.3, 0.4) is 0 Å². The Hall–Kier alpha value is 0.320. The molecule has 0 aliphatic carbocycles. The van der Waals surface area contributed by atoms with E-state index < -0.39 is 0 Å². The highest BCUT2D eigenvalue weighted by Crippen LogP contribution is 2.28. The second kappa shape index (κ2) is 16.8. The summed E-state index contributed by atoms with van der Waals surface area (Å²) in [7, 11) is 2.78. The Labute approximate surface area is 163 Å². The number of rotatable bonds is 12. The normalized spacial score (nSPS) is 10.7. The van der Waals surface area contributed by atoms with Crippen LogP contribution in [0, 0.1) is 0 Å². The number of hydrogen-bond acceptors (Lipinski definition) is 8. The van der Waals surface area contributed by atoms with Crippen molar-refractivity contribution in [2.24, 2.45) is 0 Å². The number of thiocarbonyl (C=S) groups is 2. The highest BCUT2D eigenvalue weighted by molar-refractivity contribution is 8.89. The zero-order chi connectivity index (χ0) is 18.2. The molecule has 0 bridgehead atoms. The van der Waals surface area contributed by atoms with Crippen LogP contribution < -0.4 is 0 Å². The minimum Gasteiger partial charge on any atom is -0.396 e. The molecule has 0 rings (SSSR count). The Morgan fingerprint density at radius 1 is 0.583 bits per heavy atom. The van der Waals surface area contributed by atoms with Gasteiger partial charge >= 0.3 is 0 Å². The van der Waals surface area contributed by atoms with Gasteiger partial charge in [-0.05, 0) is 47.3 Å². The molecule has 0 aromatic heterocycles. The van der Waals surface area contributed by atoms with E-state index in [1.54, 1.807) is 0 Å². The molecule has 0 unspecified atom stereocenters. The summed E-state index contributed by atoms with van der Waals surface area (Å²) in [6, 6.07) is 0. The average molecular weight is 417 g/mol. The maximum absolute atomic E-state index is 8.98. The fraction of sp³-hybridized carbons (Fsp3) is 0.857. The molecular weight excluding hydrogens is 388 g/mol. The van der Waals surface area contributed by atoms with Crippen molar-refractivity contribution in [1.82, 2.24) is 9.80 Å². The zero-order valence-electron chi connectivity index (χ0n) is 13.8. The van der Waals surface area contributed by atoms with Crippen LogP contribution in [0.1, 0.15) is 25.7 Å². The van der Waals surface area contributed by atoms with Crippen molar-refractivity contribution in [1.29, 1.82) is 0 Å². The molecule has 0 aromatic carbocycles. The second-order valence-corrected chi connectivity index (χ2v) is 8.38. The maximum Gasteiger partial charge on any atom is 0.147 e. The van der Waals surface area contributed by atoms with Crippen LogP contribution in [0.15, 0.2) is 0 Å². The molecule has 0 fully saturated rings. The van der Waals surface area contributed by atoms with Gasteiger partial charge in [-0.1, -0.05) is 24.4 Å². The third-order valence-corrected chi connectivity index (χ3v) is 6.78. The van der Waals surface area contributed by atoms with Gasteiger partial charge in [0, 0.05) is 52.6 Å². The fourth-order valence-electron chi connectivity index (χ4n) is 1.81. The van der Waals surface area contributed by atoms with E-state index in [1.165, 1.54) is 21.6 Å². The lowest BCUT2D eigenvalue weighted by molar-refractivity contribution is 0.248. The van der Waals surface area contributed by atoms with E-state index in [-0.39, 0.29) is 26.4 Å². The number of hydrogen-bond donors (Lipinski definition) is 4. The van der Waals surface area contributed by atoms with E-state index in [9.17, 15) is 0 Å². The molecule has 0 spiro atoms. The van der Waals surface area contributed by atoms with Crippen molar-refractivity contribution in [3.05, 3.63) is 0 Å². The Bertz CT molecular complexity index is 303. The summed E-state index contributed by atoms with van der Waals surface area (Å²) in [4.78, 5) is 3.93. The van der Waals surface area contributed by atoms with Crippen LogP contribution >= 0.6 is 46.0 Å². The van der Waals surface area contributed by atoms with Gasteiger partial charge in [0.25, 0.3) is 0 Å². The molecule has 0 aliphatic heterocycles. The second-order valence-electron chi connectivity index (χ2n) is 4.98. The lowest BCUT2D eigenvalue weighted by Crippen LogP contribution is -2.32. The minimum absolute atomic E-state index is 0.102. The molecule has 6 nitrogen and oxygen atoms in total. The minimum atomic E-state index is 0.102. The fourth-order valence-corrected chi connectivity index (χ4v) is 4.57. The largest absolute Gasteiger partial charge is 0.396 e. The van der Waals surface area contributed by atoms with Gasteiger partial charge in [0.1, 0.15) is 8.64 Å². The van der Waals surface area contributed by atoms with Gasteiger partial charge in [-0.15, -0.1) is 0 Å². The van der Waals surface area contributed by atoms with Crippen molar-refractivity contribution >= 4 is 54.7 Å². The van der Waals surface area contributed by atoms with Crippen LogP contribution in [0.4, 0.5) is 0 Å². The molecular formula is C14H28N2O4S4. The first-order chi connectivity index (χ1) is 11.6. The molecule has 0 saturated carbocycles. The van der Waals surface area contributed by atoms with Crippen molar-refractivity contribution in [2.75, 3.05) is 52.6 Å².